The minimum Gasteiger partial charge on any atom is -0.507 e. The molecule has 0 aromatic heterocycles. The molecular weight excluding hydrogens is 588 g/mol. The van der Waals surface area contributed by atoms with Crippen LogP contribution in [0.2, 0.25) is 0 Å². The molecule has 3 aromatic carbocycles. The molecule has 0 spiro atoms. The summed E-state index contributed by atoms with van der Waals surface area (Å²) in [4.78, 5) is 31.9. The summed E-state index contributed by atoms with van der Waals surface area (Å²) in [6, 6.07) is 21.6. The Balaban J connectivity index is 1.16. The molecular formula is C40H48N2O5. The largest absolute Gasteiger partial charge is 0.507 e. The minimum atomic E-state index is -0.812. The molecule has 0 unspecified atom stereocenters. The molecule has 2 saturated heterocycles. The average Bonchev–Trinajstić information content (AvgIpc) is 3.34. The van der Waals surface area contributed by atoms with Crippen molar-refractivity contribution >= 4 is 28.7 Å². The second-order valence-corrected chi connectivity index (χ2v) is 13.7. The zero-order chi connectivity index (χ0) is 33.1. The van der Waals surface area contributed by atoms with Crippen LogP contribution in [0, 0.1) is 17.8 Å². The highest BCUT2D eigenvalue weighted by molar-refractivity contribution is 6.06. The standard InChI is InChI=1S/C40H48N2O5/c1-3-9-29-23-33-38(40(47)42(39(33)46)30-18-20-41(21-19-30)24-27-10-5-4-6-11-27)34(25-43)37(29)36(45)16-14-26(2)22-28-15-17-35(44)32-13-8-7-12-31(28)32/h4-8,10-13,15,17,22,30,33-34,36,38,43-45H,3,9,14,16,18-21,23-25H2,1-2H3/b26-22+/t33-,34+,36-,38-/m1/s1. The Morgan fingerprint density at radius 1 is 0.957 bits per heavy atom. The van der Waals surface area contributed by atoms with E-state index in [1.54, 1.807) is 11.0 Å². The molecule has 2 amide bonds. The molecule has 47 heavy (non-hydrogen) atoms. The maximum Gasteiger partial charge on any atom is 0.234 e. The number of allylic oxidation sites excluding steroid dienone is 2. The van der Waals surface area contributed by atoms with Crippen LogP contribution >= 0.6 is 0 Å². The van der Waals surface area contributed by atoms with Gasteiger partial charge in [0.15, 0.2) is 0 Å². The van der Waals surface area contributed by atoms with E-state index in [-0.39, 0.29) is 30.2 Å². The summed E-state index contributed by atoms with van der Waals surface area (Å²) in [5.74, 6) is -1.67. The smallest absolute Gasteiger partial charge is 0.234 e. The number of aliphatic hydroxyl groups excluding tert-OH is 2. The molecule has 2 fully saturated rings. The number of amides is 2. The van der Waals surface area contributed by atoms with Crippen molar-refractivity contribution in [3.8, 4) is 5.75 Å². The summed E-state index contributed by atoms with van der Waals surface area (Å²) in [5, 5.41) is 34.5. The van der Waals surface area contributed by atoms with Crippen LogP contribution in [0.3, 0.4) is 0 Å². The highest BCUT2D eigenvalue weighted by Crippen LogP contribution is 2.48. The van der Waals surface area contributed by atoms with Crippen molar-refractivity contribution in [2.75, 3.05) is 19.7 Å². The number of nitrogens with zero attached hydrogens (tertiary/aromatic N) is 2. The van der Waals surface area contributed by atoms with Gasteiger partial charge in [-0.15, -0.1) is 0 Å². The Morgan fingerprint density at radius 2 is 1.66 bits per heavy atom. The number of hydrogen-bond donors (Lipinski definition) is 3. The number of piperidine rings is 1. The van der Waals surface area contributed by atoms with E-state index in [9.17, 15) is 24.9 Å². The van der Waals surface area contributed by atoms with Gasteiger partial charge in [-0.05, 0) is 73.6 Å². The van der Waals surface area contributed by atoms with E-state index >= 15 is 0 Å². The number of aliphatic hydroxyl groups is 2. The molecule has 4 atom stereocenters. The topological polar surface area (TPSA) is 101 Å². The first kappa shape index (κ1) is 33.1. The summed E-state index contributed by atoms with van der Waals surface area (Å²) in [7, 11) is 0. The van der Waals surface area contributed by atoms with Crippen LogP contribution in [0.5, 0.6) is 5.75 Å². The number of carbonyl (C=O) groups is 2. The van der Waals surface area contributed by atoms with Gasteiger partial charge in [0.25, 0.3) is 0 Å². The van der Waals surface area contributed by atoms with Crippen molar-refractivity contribution in [2.45, 2.75) is 77.5 Å². The highest BCUT2D eigenvalue weighted by atomic mass is 16.3. The Hall–Kier alpha value is -3.78. The number of phenols is 1. The lowest BCUT2D eigenvalue weighted by molar-refractivity contribution is -0.144. The molecule has 0 bridgehead atoms. The molecule has 2 heterocycles. The van der Waals surface area contributed by atoms with Gasteiger partial charge in [-0.1, -0.05) is 91.2 Å². The van der Waals surface area contributed by atoms with E-state index in [0.717, 1.165) is 78.4 Å². The van der Waals surface area contributed by atoms with E-state index < -0.39 is 23.9 Å². The third kappa shape index (κ3) is 6.80. The van der Waals surface area contributed by atoms with Crippen molar-refractivity contribution in [3.63, 3.8) is 0 Å². The van der Waals surface area contributed by atoms with Crippen LogP contribution in [0.4, 0.5) is 0 Å². The molecule has 6 rings (SSSR count). The fourth-order valence-corrected chi connectivity index (χ4v) is 8.35. The first-order valence-corrected chi connectivity index (χ1v) is 17.3. The van der Waals surface area contributed by atoms with E-state index in [2.05, 4.69) is 30.0 Å². The quantitative estimate of drug-likeness (QED) is 0.165. The van der Waals surface area contributed by atoms with Crippen LogP contribution in [-0.2, 0) is 16.1 Å². The predicted octanol–water partition coefficient (Wildman–Crippen LogP) is 6.46. The number of likely N-dealkylation sites (tertiary alicyclic amines) is 2. The fraction of sp³-hybridized carbons (Fsp3) is 0.450. The molecule has 3 aromatic rings. The van der Waals surface area contributed by atoms with Crippen LogP contribution in [0.15, 0.2) is 83.4 Å². The van der Waals surface area contributed by atoms with Gasteiger partial charge in [0.2, 0.25) is 11.8 Å². The van der Waals surface area contributed by atoms with E-state index in [1.807, 2.05) is 55.5 Å². The third-order valence-corrected chi connectivity index (χ3v) is 10.6. The molecule has 248 valence electrons. The number of rotatable bonds is 11. The maximum absolute atomic E-state index is 14.1. The molecule has 0 saturated carbocycles. The minimum absolute atomic E-state index is 0.0954. The number of imide groups is 1. The SMILES string of the molecule is CCCC1=C([C@H](O)CC/C(C)=C/c2ccc(O)c3ccccc23)[C@H](CO)[C@@H]2C(=O)N(C3CCN(Cc4ccccc4)CC3)C(=O)[C@@H]2C1. The van der Waals surface area contributed by atoms with Crippen LogP contribution in [-0.4, -0.2) is 68.8 Å². The van der Waals surface area contributed by atoms with Gasteiger partial charge < -0.3 is 15.3 Å². The Kier molecular flexibility index (Phi) is 10.3. The molecule has 0 radical (unpaired) electrons. The Bertz CT molecular complexity index is 1660. The fourth-order valence-electron chi connectivity index (χ4n) is 8.35. The molecule has 7 nitrogen and oxygen atoms in total. The monoisotopic (exact) mass is 636 g/mol. The van der Waals surface area contributed by atoms with Gasteiger partial charge in [0.05, 0.1) is 24.5 Å². The van der Waals surface area contributed by atoms with E-state index in [0.29, 0.717) is 19.3 Å². The lowest BCUT2D eigenvalue weighted by atomic mass is 9.67. The maximum atomic E-state index is 14.1. The second kappa shape index (κ2) is 14.5. The van der Waals surface area contributed by atoms with Crippen molar-refractivity contribution in [3.05, 3.63) is 94.6 Å². The lowest BCUT2D eigenvalue weighted by Crippen LogP contribution is -2.47. The van der Waals surface area contributed by atoms with Crippen molar-refractivity contribution < 1.29 is 24.9 Å². The van der Waals surface area contributed by atoms with Gasteiger partial charge in [0.1, 0.15) is 5.75 Å². The molecule has 2 aliphatic heterocycles. The summed E-state index contributed by atoms with van der Waals surface area (Å²) >= 11 is 0. The van der Waals surface area contributed by atoms with Gasteiger partial charge >= 0.3 is 0 Å². The van der Waals surface area contributed by atoms with Gasteiger partial charge in [-0.3, -0.25) is 19.4 Å². The molecule has 1 aliphatic carbocycles. The normalized spacial score (nSPS) is 23.5. The summed E-state index contributed by atoms with van der Waals surface area (Å²) < 4.78 is 0. The summed E-state index contributed by atoms with van der Waals surface area (Å²) in [5.41, 5.74) is 5.16. The van der Waals surface area contributed by atoms with E-state index in [1.165, 1.54) is 5.56 Å². The second-order valence-electron chi connectivity index (χ2n) is 13.7. The Labute approximate surface area is 278 Å². The molecule has 7 heteroatoms. The average molecular weight is 637 g/mol. The third-order valence-electron chi connectivity index (χ3n) is 10.6. The van der Waals surface area contributed by atoms with Gasteiger partial charge in [-0.25, -0.2) is 0 Å². The molecule has 3 N–H and O–H groups in total. The number of hydrogen-bond acceptors (Lipinski definition) is 6. The van der Waals surface area contributed by atoms with Crippen LogP contribution < -0.4 is 0 Å². The predicted molar refractivity (Wildman–Crippen MR) is 185 cm³/mol. The van der Waals surface area contributed by atoms with Crippen molar-refractivity contribution in [2.24, 2.45) is 17.8 Å². The number of phenolic OH excluding ortho intramolecular Hbond substituents is 1. The Morgan fingerprint density at radius 3 is 2.36 bits per heavy atom. The first-order chi connectivity index (χ1) is 22.8. The first-order valence-electron chi connectivity index (χ1n) is 17.3. The highest BCUT2D eigenvalue weighted by Gasteiger charge is 2.56. The zero-order valence-electron chi connectivity index (χ0n) is 27.6. The summed E-state index contributed by atoms with van der Waals surface area (Å²) in [6.45, 7) is 6.37. The van der Waals surface area contributed by atoms with E-state index in [4.69, 9.17) is 0 Å². The summed E-state index contributed by atoms with van der Waals surface area (Å²) in [6.07, 6.45) is 5.95. The zero-order valence-corrected chi connectivity index (χ0v) is 27.6. The van der Waals surface area contributed by atoms with Gasteiger partial charge in [-0.2, -0.15) is 0 Å². The van der Waals surface area contributed by atoms with Crippen LogP contribution in [0.1, 0.15) is 69.9 Å². The molecule has 3 aliphatic rings. The number of fused-ring (bicyclic) bond motifs is 2. The number of carbonyl (C=O) groups excluding carboxylic acids is 2. The lowest BCUT2D eigenvalue weighted by Gasteiger charge is -2.37. The van der Waals surface area contributed by atoms with Crippen LogP contribution in [0.25, 0.3) is 16.8 Å². The number of benzene rings is 3. The number of aromatic hydroxyl groups is 1. The van der Waals surface area contributed by atoms with Crippen molar-refractivity contribution in [1.82, 2.24) is 9.80 Å². The van der Waals surface area contributed by atoms with Crippen molar-refractivity contribution in [1.29, 1.82) is 0 Å². The van der Waals surface area contributed by atoms with Gasteiger partial charge in [0, 0.05) is 37.0 Å².